The fraction of sp³-hybridized carbons (Fsp3) is 0.444. The summed E-state index contributed by atoms with van der Waals surface area (Å²) in [4.78, 5) is 18.1. The van der Waals surface area contributed by atoms with Gasteiger partial charge in [0.25, 0.3) is 0 Å². The number of anilines is 1. The van der Waals surface area contributed by atoms with Gasteiger partial charge in [-0.3, -0.25) is 4.90 Å². The van der Waals surface area contributed by atoms with Crippen molar-refractivity contribution in [3.8, 4) is 5.75 Å². The van der Waals surface area contributed by atoms with Crippen LogP contribution in [-0.4, -0.2) is 35.9 Å². The lowest BCUT2D eigenvalue weighted by Crippen LogP contribution is -2.30. The summed E-state index contributed by atoms with van der Waals surface area (Å²) in [6.45, 7) is 3.22. The highest BCUT2D eigenvalue weighted by atomic mass is 16.5. The second-order valence-electron chi connectivity index (χ2n) is 6.43. The first-order chi connectivity index (χ1) is 11.6. The van der Waals surface area contributed by atoms with E-state index in [0.717, 1.165) is 23.7 Å². The summed E-state index contributed by atoms with van der Waals surface area (Å²) in [5.74, 6) is 2.20. The highest BCUT2D eigenvalue weighted by Crippen LogP contribution is 2.64. The molecule has 0 bridgehead atoms. The maximum atomic E-state index is 12.0. The molecule has 0 unspecified atom stereocenters. The number of amides is 1. The lowest BCUT2D eigenvalue weighted by Gasteiger charge is -2.22. The van der Waals surface area contributed by atoms with E-state index in [9.17, 15) is 4.79 Å². The molecule has 3 atom stereocenters. The molecule has 0 N–H and O–H groups in total. The standard InChI is InChI=1S/C18H21N3O3/c1-4-21(18(22)23-3)11-5-6-15-12(7-11)16-13(9-24-15)17(16)14-8-20(2)10-19-14/h5-8,10,13,16-17H,4,9H2,1-3H3/t13-,16+,17-/m0/s1. The van der Waals surface area contributed by atoms with Crippen LogP contribution in [0.1, 0.15) is 30.0 Å². The molecule has 2 aromatic rings. The zero-order chi connectivity index (χ0) is 16.8. The van der Waals surface area contributed by atoms with Gasteiger partial charge in [-0.2, -0.15) is 0 Å². The molecule has 1 amide bonds. The van der Waals surface area contributed by atoms with E-state index >= 15 is 0 Å². The van der Waals surface area contributed by atoms with Gasteiger partial charge in [0.15, 0.2) is 0 Å². The van der Waals surface area contributed by atoms with E-state index in [2.05, 4.69) is 17.2 Å². The number of hydrogen-bond acceptors (Lipinski definition) is 4. The molecule has 1 aromatic heterocycles. The van der Waals surface area contributed by atoms with Crippen molar-refractivity contribution >= 4 is 11.8 Å². The number of rotatable bonds is 3. The van der Waals surface area contributed by atoms with Crippen molar-refractivity contribution in [1.82, 2.24) is 9.55 Å². The van der Waals surface area contributed by atoms with Crippen LogP contribution in [0.2, 0.25) is 0 Å². The van der Waals surface area contributed by atoms with Crippen molar-refractivity contribution in [2.24, 2.45) is 13.0 Å². The Morgan fingerprint density at radius 1 is 1.46 bits per heavy atom. The minimum absolute atomic E-state index is 0.345. The smallest absolute Gasteiger partial charge is 0.413 e. The van der Waals surface area contributed by atoms with Gasteiger partial charge >= 0.3 is 6.09 Å². The van der Waals surface area contributed by atoms with E-state index in [1.807, 2.05) is 37.0 Å². The largest absolute Gasteiger partial charge is 0.493 e. The van der Waals surface area contributed by atoms with Crippen molar-refractivity contribution in [2.45, 2.75) is 18.8 Å². The maximum Gasteiger partial charge on any atom is 0.413 e. The third-order valence-corrected chi connectivity index (χ3v) is 5.04. The van der Waals surface area contributed by atoms with Gasteiger partial charge in [-0.15, -0.1) is 0 Å². The summed E-state index contributed by atoms with van der Waals surface area (Å²) in [6, 6.07) is 5.94. The molecule has 0 radical (unpaired) electrons. The first-order valence-electron chi connectivity index (χ1n) is 8.24. The molecule has 1 saturated carbocycles. The number of aromatic nitrogens is 2. The van der Waals surface area contributed by atoms with Crippen molar-refractivity contribution < 1.29 is 14.3 Å². The summed E-state index contributed by atoms with van der Waals surface area (Å²) < 4.78 is 12.8. The normalized spacial score (nSPS) is 23.7. The number of carbonyl (C=O) groups excluding carboxylic acids is 1. The van der Waals surface area contributed by atoms with Gasteiger partial charge in [0.05, 0.1) is 25.7 Å². The second-order valence-corrected chi connectivity index (χ2v) is 6.43. The molecule has 2 heterocycles. The minimum atomic E-state index is -0.345. The zero-order valence-electron chi connectivity index (χ0n) is 14.1. The average molecular weight is 327 g/mol. The van der Waals surface area contributed by atoms with Crippen LogP contribution in [0.4, 0.5) is 10.5 Å². The molecule has 126 valence electrons. The summed E-state index contributed by atoms with van der Waals surface area (Å²) in [6.07, 6.45) is 3.58. The van der Waals surface area contributed by atoms with E-state index in [4.69, 9.17) is 9.47 Å². The maximum absolute atomic E-state index is 12.0. The van der Waals surface area contributed by atoms with Gasteiger partial charge in [0.2, 0.25) is 0 Å². The van der Waals surface area contributed by atoms with Crippen molar-refractivity contribution in [3.63, 3.8) is 0 Å². The highest BCUT2D eigenvalue weighted by Gasteiger charge is 2.56. The Hall–Kier alpha value is -2.50. The number of fused-ring (bicyclic) bond motifs is 3. The van der Waals surface area contributed by atoms with Crippen LogP contribution in [0, 0.1) is 5.92 Å². The number of imidazole rings is 1. The lowest BCUT2D eigenvalue weighted by molar-refractivity contribution is 0.179. The lowest BCUT2D eigenvalue weighted by atomic mass is 10.0. The summed E-state index contributed by atoms with van der Waals surface area (Å²) in [7, 11) is 3.39. The van der Waals surface area contributed by atoms with Crippen LogP contribution in [0.5, 0.6) is 5.75 Å². The second kappa shape index (κ2) is 5.54. The van der Waals surface area contributed by atoms with Gasteiger partial charge in [-0.05, 0) is 25.1 Å². The Labute approximate surface area is 141 Å². The van der Waals surface area contributed by atoms with Crippen molar-refractivity contribution in [3.05, 3.63) is 42.0 Å². The van der Waals surface area contributed by atoms with Crippen LogP contribution >= 0.6 is 0 Å². The first kappa shape index (κ1) is 15.1. The van der Waals surface area contributed by atoms with Crippen LogP contribution in [-0.2, 0) is 11.8 Å². The minimum Gasteiger partial charge on any atom is -0.493 e. The Morgan fingerprint density at radius 3 is 2.96 bits per heavy atom. The molecule has 4 rings (SSSR count). The molecule has 2 aliphatic rings. The molecule has 6 heteroatoms. The van der Waals surface area contributed by atoms with E-state index < -0.39 is 0 Å². The van der Waals surface area contributed by atoms with E-state index in [1.165, 1.54) is 12.7 Å². The van der Waals surface area contributed by atoms with Crippen LogP contribution < -0.4 is 9.64 Å². The predicted octanol–water partition coefficient (Wildman–Crippen LogP) is 2.90. The number of aryl methyl sites for hydroxylation is 1. The molecular weight excluding hydrogens is 306 g/mol. The quantitative estimate of drug-likeness (QED) is 0.870. The fourth-order valence-electron chi connectivity index (χ4n) is 3.82. The molecule has 1 aromatic carbocycles. The number of hydrogen-bond donors (Lipinski definition) is 0. The van der Waals surface area contributed by atoms with Gasteiger partial charge < -0.3 is 14.0 Å². The van der Waals surface area contributed by atoms with E-state index in [0.29, 0.717) is 24.3 Å². The number of nitrogens with zero attached hydrogens (tertiary/aromatic N) is 3. The Kier molecular flexibility index (Phi) is 3.48. The molecule has 1 aliphatic heterocycles. The molecule has 0 spiro atoms. The van der Waals surface area contributed by atoms with Crippen molar-refractivity contribution in [1.29, 1.82) is 0 Å². The van der Waals surface area contributed by atoms with Crippen molar-refractivity contribution in [2.75, 3.05) is 25.2 Å². The monoisotopic (exact) mass is 327 g/mol. The molecular formula is C18H21N3O3. The Morgan fingerprint density at radius 2 is 2.29 bits per heavy atom. The predicted molar refractivity (Wildman–Crippen MR) is 89.5 cm³/mol. The average Bonchev–Trinajstić information content (AvgIpc) is 3.20. The van der Waals surface area contributed by atoms with Gasteiger partial charge in [0.1, 0.15) is 5.75 Å². The highest BCUT2D eigenvalue weighted by molar-refractivity contribution is 5.87. The number of methoxy groups -OCH3 is 1. The van der Waals surface area contributed by atoms with E-state index in [-0.39, 0.29) is 6.09 Å². The number of benzene rings is 1. The summed E-state index contributed by atoms with van der Waals surface area (Å²) in [5, 5.41) is 0. The SMILES string of the molecule is CCN(C(=O)OC)c1ccc2c(c1)[C@@H]1[C@H](CO2)[C@H]1c1cn(C)cn1. The molecule has 6 nitrogen and oxygen atoms in total. The Balaban J connectivity index is 1.67. The number of carbonyl (C=O) groups is 1. The van der Waals surface area contributed by atoms with E-state index in [1.54, 1.807) is 4.90 Å². The van der Waals surface area contributed by atoms with Gasteiger partial charge in [0, 0.05) is 48.8 Å². The third-order valence-electron chi connectivity index (χ3n) is 5.04. The molecule has 1 aliphatic carbocycles. The molecule has 24 heavy (non-hydrogen) atoms. The first-order valence-corrected chi connectivity index (χ1v) is 8.24. The van der Waals surface area contributed by atoms with Gasteiger partial charge in [-0.1, -0.05) is 0 Å². The topological polar surface area (TPSA) is 56.6 Å². The van der Waals surface area contributed by atoms with Crippen LogP contribution in [0.15, 0.2) is 30.7 Å². The number of ether oxygens (including phenoxy) is 2. The molecule has 0 saturated heterocycles. The van der Waals surface area contributed by atoms with Gasteiger partial charge in [-0.25, -0.2) is 9.78 Å². The third kappa shape index (κ3) is 2.25. The Bertz CT molecular complexity index is 786. The zero-order valence-corrected chi connectivity index (χ0v) is 14.1. The summed E-state index contributed by atoms with van der Waals surface area (Å²) in [5.41, 5.74) is 3.13. The van der Waals surface area contributed by atoms with Crippen LogP contribution in [0.25, 0.3) is 0 Å². The summed E-state index contributed by atoms with van der Waals surface area (Å²) >= 11 is 0. The molecule has 1 fully saturated rings. The van der Waals surface area contributed by atoms with Crippen LogP contribution in [0.3, 0.4) is 0 Å². The fourth-order valence-corrected chi connectivity index (χ4v) is 3.82.